The lowest BCUT2D eigenvalue weighted by Gasteiger charge is -2.28. The Balaban J connectivity index is 1.10. The van der Waals surface area contributed by atoms with E-state index >= 15 is 24.0 Å². The minimum absolute atomic E-state index is 0.00802. The van der Waals surface area contributed by atoms with E-state index in [1.165, 1.54) is 11.8 Å². The molecule has 32 nitrogen and oxygen atoms in total. The molecule has 0 fully saturated rings. The highest BCUT2D eigenvalue weighted by molar-refractivity contribution is 7.98. The molecule has 4 aromatic carbocycles. The zero-order valence-electron chi connectivity index (χ0n) is 58.8. The van der Waals surface area contributed by atoms with Gasteiger partial charge in [0.25, 0.3) is 0 Å². The highest BCUT2D eigenvalue weighted by Gasteiger charge is 2.37. The van der Waals surface area contributed by atoms with Crippen molar-refractivity contribution in [1.82, 2.24) is 78.4 Å². The summed E-state index contributed by atoms with van der Waals surface area (Å²) in [5, 5.41) is 66.6. The van der Waals surface area contributed by atoms with Gasteiger partial charge in [-0.05, 0) is 109 Å². The Morgan fingerprint density at radius 2 is 0.667 bits per heavy atom. The number of carbonyl (C=O) groups excluding carboxylic acids is 8. The summed E-state index contributed by atoms with van der Waals surface area (Å²) < 4.78 is 0. The second-order valence-electron chi connectivity index (χ2n) is 26.1. The number of carbonyl (C=O) groups is 9. The lowest BCUT2D eigenvalue weighted by Crippen LogP contribution is -2.61. The van der Waals surface area contributed by atoms with Gasteiger partial charge >= 0.3 is 5.97 Å². The summed E-state index contributed by atoms with van der Waals surface area (Å²) >= 11 is 1.36. The Morgan fingerprint density at radius 1 is 0.400 bits per heavy atom. The van der Waals surface area contributed by atoms with E-state index < -0.39 is 114 Å². The van der Waals surface area contributed by atoms with Crippen LogP contribution in [0.15, 0.2) is 122 Å². The van der Waals surface area contributed by atoms with Crippen molar-refractivity contribution in [3.05, 3.63) is 144 Å². The number of aromatic nitrogens is 4. The first-order valence-electron chi connectivity index (χ1n) is 34.7. The van der Waals surface area contributed by atoms with Crippen molar-refractivity contribution in [3.8, 4) is 0 Å². The minimum Gasteiger partial charge on any atom is -0.480 e. The molecule has 0 unspecified atom stereocenters. The Hall–Kier alpha value is -11.6. The van der Waals surface area contributed by atoms with Crippen LogP contribution in [0.1, 0.15) is 81.0 Å². The van der Waals surface area contributed by atoms with Crippen LogP contribution < -0.4 is 81.4 Å². The van der Waals surface area contributed by atoms with E-state index in [1.807, 2.05) is 84.9 Å². The second-order valence-corrected chi connectivity index (χ2v) is 27.1. The fraction of sp³-hybridized carbons (Fsp3) is 0.389. The van der Waals surface area contributed by atoms with Crippen molar-refractivity contribution < 1.29 is 48.3 Å². The van der Waals surface area contributed by atoms with Crippen LogP contribution in [0.2, 0.25) is 0 Å². The van der Waals surface area contributed by atoms with E-state index in [2.05, 4.69) is 78.4 Å². The smallest absolute Gasteiger partial charge is 0.326 e. The molecule has 27 N–H and O–H groups in total. The average molecular weight is 1460 g/mol. The minimum atomic E-state index is -1.48. The molecule has 105 heavy (non-hydrogen) atoms. The summed E-state index contributed by atoms with van der Waals surface area (Å²) in [6.07, 6.45) is 8.70. The maximum absolute atomic E-state index is 15.4. The van der Waals surface area contributed by atoms with Gasteiger partial charge in [-0.3, -0.25) is 54.6 Å². The number of carboxylic acid groups (broad SMARTS) is 1. The molecule has 8 amide bonds. The highest BCUT2D eigenvalue weighted by atomic mass is 32.2. The van der Waals surface area contributed by atoms with Crippen molar-refractivity contribution in [1.29, 1.82) is 16.2 Å². The molecule has 0 saturated carbocycles. The van der Waals surface area contributed by atoms with Crippen LogP contribution in [0.4, 0.5) is 0 Å². The molecular weight excluding hydrogens is 1370 g/mol. The fourth-order valence-electron chi connectivity index (χ4n) is 12.4. The van der Waals surface area contributed by atoms with Crippen LogP contribution in [-0.2, 0) is 68.8 Å². The van der Waals surface area contributed by atoms with Gasteiger partial charge in [-0.1, -0.05) is 86.6 Å². The third kappa shape index (κ3) is 22.9. The van der Waals surface area contributed by atoms with Gasteiger partial charge in [0.15, 0.2) is 17.9 Å². The second kappa shape index (κ2) is 38.6. The SMILES string of the molecule is CSCC[C@H](NC(=O)[C@H](Cc1c[nH]c2ccccc12)NC(=O)[C@H](Cc1c[nH]c2ccccc12)NC(=O)[C@H](CCCNC(=N)N)NC(=O)[C@@H](N)CCCNC(=N)N)C(=O)N[C@@H](CCCNC(=N)N)C(=O)N[C@@H](Cc1c[nH]c2ccccc12)C(=O)N[C@@H](Cc1c[nH]c2ccccc12)C(=O)N[C@H](C(=O)O)C(C)C. The zero-order valence-corrected chi connectivity index (χ0v) is 59.6. The lowest BCUT2D eigenvalue weighted by molar-refractivity contribution is -0.143. The number of thioether (sulfide) groups is 1. The molecular formula is C72H96N22O10S. The third-order valence-electron chi connectivity index (χ3n) is 18.0. The number of aromatic amines is 4. The van der Waals surface area contributed by atoms with Gasteiger partial charge in [0.2, 0.25) is 47.3 Å². The third-order valence-corrected chi connectivity index (χ3v) is 18.6. The summed E-state index contributed by atoms with van der Waals surface area (Å²) in [4.78, 5) is 145. The van der Waals surface area contributed by atoms with E-state index in [0.717, 1.165) is 32.7 Å². The summed E-state index contributed by atoms with van der Waals surface area (Å²) in [6.45, 7) is 3.73. The Bertz CT molecular complexity index is 4380. The number of nitrogens with one attached hydrogen (secondary N) is 18. The average Bonchev–Trinajstić information content (AvgIpc) is 1.73. The molecule has 33 heteroatoms. The molecule has 0 aliphatic heterocycles. The van der Waals surface area contributed by atoms with E-state index in [0.29, 0.717) is 45.3 Å². The highest BCUT2D eigenvalue weighted by Crippen LogP contribution is 2.25. The van der Waals surface area contributed by atoms with Crippen molar-refractivity contribution in [3.63, 3.8) is 0 Å². The molecule has 0 aliphatic rings. The van der Waals surface area contributed by atoms with Gasteiger partial charge in [0.1, 0.15) is 48.3 Å². The van der Waals surface area contributed by atoms with Gasteiger partial charge in [-0.25, -0.2) is 4.79 Å². The summed E-state index contributed by atoms with van der Waals surface area (Å²) in [6, 6.07) is 16.9. The first-order chi connectivity index (χ1) is 50.4. The maximum Gasteiger partial charge on any atom is 0.326 e. The van der Waals surface area contributed by atoms with Gasteiger partial charge in [0.05, 0.1) is 6.04 Å². The van der Waals surface area contributed by atoms with E-state index in [1.54, 1.807) is 57.0 Å². The van der Waals surface area contributed by atoms with Crippen molar-refractivity contribution in [2.24, 2.45) is 28.9 Å². The van der Waals surface area contributed by atoms with Crippen LogP contribution >= 0.6 is 11.8 Å². The molecule has 9 atom stereocenters. The number of hydrogen-bond acceptors (Lipinski definition) is 14. The van der Waals surface area contributed by atoms with E-state index in [-0.39, 0.29) is 102 Å². The number of guanidine groups is 3. The molecule has 560 valence electrons. The summed E-state index contributed by atoms with van der Waals surface area (Å²) in [5.41, 5.74) is 28.3. The van der Waals surface area contributed by atoms with Crippen LogP contribution in [0, 0.1) is 22.1 Å². The maximum atomic E-state index is 15.4. The first-order valence-corrected chi connectivity index (χ1v) is 36.1. The molecule has 0 spiro atoms. The number of para-hydroxylation sites is 4. The predicted molar refractivity (Wildman–Crippen MR) is 404 cm³/mol. The van der Waals surface area contributed by atoms with Crippen molar-refractivity contribution in [2.45, 2.75) is 139 Å². The molecule has 4 aromatic heterocycles. The molecule has 0 radical (unpaired) electrons. The molecule has 0 aliphatic carbocycles. The predicted octanol–water partition coefficient (Wildman–Crippen LogP) is 1.37. The van der Waals surface area contributed by atoms with E-state index in [4.69, 9.17) is 39.2 Å². The number of aliphatic carboxylic acids is 1. The Kier molecular flexibility index (Phi) is 29.1. The van der Waals surface area contributed by atoms with Crippen molar-refractivity contribution >= 4 is 126 Å². The number of benzene rings is 4. The van der Waals surface area contributed by atoms with E-state index in [9.17, 15) is 24.3 Å². The van der Waals surface area contributed by atoms with Gasteiger partial charge in [-0.2, -0.15) is 11.8 Å². The molecule has 0 saturated heterocycles. The summed E-state index contributed by atoms with van der Waals surface area (Å²) in [7, 11) is 0. The van der Waals surface area contributed by atoms with Crippen LogP contribution in [-0.4, -0.2) is 182 Å². The largest absolute Gasteiger partial charge is 0.480 e. The first kappa shape index (κ1) is 79.1. The lowest BCUT2D eigenvalue weighted by atomic mass is 9.99. The monoisotopic (exact) mass is 1460 g/mol. The normalized spacial score (nSPS) is 13.9. The Morgan fingerprint density at radius 3 is 0.962 bits per heavy atom. The van der Waals surface area contributed by atoms with Crippen molar-refractivity contribution in [2.75, 3.05) is 31.6 Å². The van der Waals surface area contributed by atoms with Crippen LogP contribution in [0.25, 0.3) is 43.6 Å². The number of amides is 8. The van der Waals surface area contributed by atoms with Gasteiger partial charge in [-0.15, -0.1) is 0 Å². The molecule has 8 rings (SSSR count). The van der Waals surface area contributed by atoms with Crippen LogP contribution in [0.5, 0.6) is 0 Å². The fourth-order valence-corrected chi connectivity index (χ4v) is 12.8. The number of carboxylic acids is 1. The molecule has 8 aromatic rings. The van der Waals surface area contributed by atoms with Gasteiger partial charge in [0, 0.05) is 114 Å². The zero-order chi connectivity index (χ0) is 75.7. The molecule has 4 heterocycles. The number of fused-ring (bicyclic) bond motifs is 4. The quantitative estimate of drug-likeness (QED) is 0.0146. The van der Waals surface area contributed by atoms with Crippen LogP contribution in [0.3, 0.4) is 0 Å². The standard InChI is InChI=1S/C72H96N22O10S/c1-39(2)60(69(103)104)94-68(102)59(34-43-38-86-52-23-11-7-18-47(43)52)93-67(101)58(33-42-37-85-51-22-10-6-17-46(42)51)91-63(97)54(25-14-29-82-72(78)79)88-64(98)55(26-30-105-3)89-65(99)56(31-40-35-83-49-20-8-4-15-44(40)49)92-66(100)57(32-41-36-84-50-21-9-5-16-45(41)50)90-62(96)53(24-13-28-81-71(76)77)87-61(95)48(73)19-12-27-80-70(74)75/h4-11,15-18,20-23,35-39,48,53-60,83-86H,12-14,19,24-34,73H2,1-3H3,(H,87,95)(H,88,98)(H,89,99)(H,90,96)(H,91,97)(H,92,100)(H,93,101)(H,94,102)(H,103,104)(H4,74,75,80)(H4,76,77,81)(H4,78,79,82)/t48-,53-,54-,55-,56-,57-,58-,59-,60-/m0/s1. The Labute approximate surface area is 610 Å². The number of H-pyrrole nitrogens is 4. The number of rotatable bonds is 41. The van der Waals surface area contributed by atoms with Gasteiger partial charge < -0.3 is 106 Å². The number of nitrogens with two attached hydrogens (primary N) is 4. The molecule has 0 bridgehead atoms. The number of hydrogen-bond donors (Lipinski definition) is 23. The topological polar surface area (TPSA) is 545 Å². The summed E-state index contributed by atoms with van der Waals surface area (Å²) in [5.74, 6) is -8.92.